The van der Waals surface area contributed by atoms with Gasteiger partial charge in [0.1, 0.15) is 5.60 Å². The molecule has 1 unspecified atom stereocenters. The molecule has 1 aliphatic rings. The van der Waals surface area contributed by atoms with E-state index in [-0.39, 0.29) is 18.2 Å². The van der Waals surface area contributed by atoms with E-state index < -0.39 is 5.60 Å². The molecule has 30 heavy (non-hydrogen) atoms. The quantitative estimate of drug-likeness (QED) is 0.691. The minimum absolute atomic E-state index is 0.0441. The Labute approximate surface area is 180 Å². The molecule has 1 aliphatic heterocycles. The number of rotatable bonds is 6. The van der Waals surface area contributed by atoms with Gasteiger partial charge in [-0.1, -0.05) is 60.7 Å². The molecule has 1 saturated heterocycles. The number of amides is 1. The average molecular weight is 411 g/mol. The molecular formula is C25H34N2O3. The zero-order chi connectivity index (χ0) is 21.6. The van der Waals surface area contributed by atoms with E-state index in [1.807, 2.05) is 49.9 Å². The van der Waals surface area contributed by atoms with Crippen LogP contribution in [0.4, 0.5) is 4.79 Å². The highest BCUT2D eigenvalue weighted by molar-refractivity contribution is 5.69. The number of carbonyl (C=O) groups excluding carboxylic acids is 1. The van der Waals surface area contributed by atoms with Gasteiger partial charge in [0.25, 0.3) is 0 Å². The van der Waals surface area contributed by atoms with Crippen molar-refractivity contribution in [1.29, 1.82) is 0 Å². The van der Waals surface area contributed by atoms with Gasteiger partial charge in [-0.15, -0.1) is 0 Å². The summed E-state index contributed by atoms with van der Waals surface area (Å²) >= 11 is 0. The Hall–Kier alpha value is -2.37. The van der Waals surface area contributed by atoms with Crippen LogP contribution in [0.5, 0.6) is 0 Å². The van der Waals surface area contributed by atoms with Gasteiger partial charge < -0.3 is 9.47 Å². The van der Waals surface area contributed by atoms with Gasteiger partial charge in [-0.2, -0.15) is 0 Å². The first kappa shape index (κ1) is 22.3. The maximum atomic E-state index is 13.0. The van der Waals surface area contributed by atoms with Crippen LogP contribution in [0.3, 0.4) is 0 Å². The maximum Gasteiger partial charge on any atom is 0.410 e. The van der Waals surface area contributed by atoms with Gasteiger partial charge in [0, 0.05) is 25.7 Å². The molecule has 1 heterocycles. The van der Waals surface area contributed by atoms with Crippen molar-refractivity contribution in [3.8, 4) is 0 Å². The summed E-state index contributed by atoms with van der Waals surface area (Å²) in [5.41, 5.74) is 1.89. The standard InChI is InChI=1S/C25H34N2O3/c1-20-15-26(16-21-11-7-5-8-12-21)17-23(27(20)24(28)30-25(2,3)4)19-29-18-22-13-9-6-10-14-22/h5-14,20,23H,15-19H2,1-4H3/t20?,23-/m0/s1. The summed E-state index contributed by atoms with van der Waals surface area (Å²) in [4.78, 5) is 17.2. The van der Waals surface area contributed by atoms with Crippen molar-refractivity contribution >= 4 is 6.09 Å². The number of benzene rings is 2. The third-order valence-electron chi connectivity index (χ3n) is 5.13. The first-order valence-electron chi connectivity index (χ1n) is 10.7. The highest BCUT2D eigenvalue weighted by Gasteiger charge is 2.37. The molecule has 3 rings (SSSR count). The first-order valence-corrected chi connectivity index (χ1v) is 10.7. The largest absolute Gasteiger partial charge is 0.444 e. The summed E-state index contributed by atoms with van der Waals surface area (Å²) in [6, 6.07) is 20.6. The van der Waals surface area contributed by atoms with E-state index in [1.54, 1.807) is 0 Å². The van der Waals surface area contributed by atoms with Crippen LogP contribution < -0.4 is 0 Å². The van der Waals surface area contributed by atoms with Crippen molar-refractivity contribution < 1.29 is 14.3 Å². The summed E-state index contributed by atoms with van der Waals surface area (Å²) in [6.45, 7) is 11.2. The smallest absolute Gasteiger partial charge is 0.410 e. The Morgan fingerprint density at radius 3 is 2.17 bits per heavy atom. The van der Waals surface area contributed by atoms with E-state index in [0.29, 0.717) is 13.2 Å². The topological polar surface area (TPSA) is 42.0 Å². The number of hydrogen-bond donors (Lipinski definition) is 0. The van der Waals surface area contributed by atoms with Gasteiger partial charge >= 0.3 is 6.09 Å². The van der Waals surface area contributed by atoms with Crippen LogP contribution in [0, 0.1) is 0 Å². The molecule has 2 aromatic rings. The summed E-state index contributed by atoms with van der Waals surface area (Å²) in [6.07, 6.45) is -0.261. The Bertz CT molecular complexity index is 789. The first-order chi connectivity index (χ1) is 14.3. The zero-order valence-electron chi connectivity index (χ0n) is 18.6. The van der Waals surface area contributed by atoms with Crippen LogP contribution in [-0.4, -0.2) is 53.3 Å². The average Bonchev–Trinajstić information content (AvgIpc) is 2.68. The number of piperazine rings is 1. The van der Waals surface area contributed by atoms with Crippen LogP contribution in [-0.2, 0) is 22.6 Å². The van der Waals surface area contributed by atoms with Crippen molar-refractivity contribution in [1.82, 2.24) is 9.80 Å². The lowest BCUT2D eigenvalue weighted by Gasteiger charge is -2.45. The van der Waals surface area contributed by atoms with Crippen LogP contribution in [0.15, 0.2) is 60.7 Å². The predicted octanol–water partition coefficient (Wildman–Crippen LogP) is 4.71. The SMILES string of the molecule is CC1CN(Cc2ccccc2)C[C@@H](COCc2ccccc2)N1C(=O)OC(C)(C)C. The monoisotopic (exact) mass is 410 g/mol. The molecule has 0 saturated carbocycles. The lowest BCUT2D eigenvalue weighted by Crippen LogP contribution is -2.61. The molecule has 0 aromatic heterocycles. The molecule has 0 bridgehead atoms. The van der Waals surface area contributed by atoms with Crippen molar-refractivity contribution in [2.24, 2.45) is 0 Å². The fraction of sp³-hybridized carbons (Fsp3) is 0.480. The van der Waals surface area contributed by atoms with E-state index in [1.165, 1.54) is 5.56 Å². The van der Waals surface area contributed by atoms with Crippen LogP contribution in [0.1, 0.15) is 38.8 Å². The summed E-state index contributed by atoms with van der Waals surface area (Å²) in [5.74, 6) is 0. The number of nitrogens with zero attached hydrogens (tertiary/aromatic N) is 2. The molecule has 0 spiro atoms. The lowest BCUT2D eigenvalue weighted by molar-refractivity contribution is -0.0430. The molecule has 2 aromatic carbocycles. The summed E-state index contributed by atoms with van der Waals surface area (Å²) in [5, 5.41) is 0. The molecule has 1 amide bonds. The van der Waals surface area contributed by atoms with Crippen molar-refractivity contribution in [3.05, 3.63) is 71.8 Å². The van der Waals surface area contributed by atoms with Crippen LogP contribution >= 0.6 is 0 Å². The molecule has 0 radical (unpaired) electrons. The van der Waals surface area contributed by atoms with Gasteiger partial charge in [0.05, 0.1) is 19.3 Å². The maximum absolute atomic E-state index is 13.0. The molecule has 162 valence electrons. The van der Waals surface area contributed by atoms with Gasteiger partial charge in [0.15, 0.2) is 0 Å². The normalized spacial score (nSPS) is 20.2. The Kier molecular flexibility index (Phi) is 7.51. The summed E-state index contributed by atoms with van der Waals surface area (Å²) < 4.78 is 11.7. The van der Waals surface area contributed by atoms with Gasteiger partial charge in [-0.25, -0.2) is 4.79 Å². The minimum Gasteiger partial charge on any atom is -0.444 e. The lowest BCUT2D eigenvalue weighted by atomic mass is 10.1. The molecule has 2 atom stereocenters. The minimum atomic E-state index is -0.520. The van der Waals surface area contributed by atoms with Gasteiger partial charge in [0.2, 0.25) is 0 Å². The number of ether oxygens (including phenoxy) is 2. The number of carbonyl (C=O) groups is 1. The van der Waals surface area contributed by atoms with Gasteiger partial charge in [-0.3, -0.25) is 9.80 Å². The van der Waals surface area contributed by atoms with E-state index in [0.717, 1.165) is 25.2 Å². The Balaban J connectivity index is 1.69. The molecule has 1 fully saturated rings. The van der Waals surface area contributed by atoms with Crippen molar-refractivity contribution in [2.45, 2.75) is 58.5 Å². The van der Waals surface area contributed by atoms with Crippen molar-refractivity contribution in [2.75, 3.05) is 19.7 Å². The van der Waals surface area contributed by atoms with E-state index in [4.69, 9.17) is 9.47 Å². The fourth-order valence-corrected chi connectivity index (χ4v) is 3.92. The summed E-state index contributed by atoms with van der Waals surface area (Å²) in [7, 11) is 0. The predicted molar refractivity (Wildman–Crippen MR) is 119 cm³/mol. The van der Waals surface area contributed by atoms with E-state index in [2.05, 4.69) is 48.2 Å². The highest BCUT2D eigenvalue weighted by atomic mass is 16.6. The molecule has 0 aliphatic carbocycles. The van der Waals surface area contributed by atoms with Crippen molar-refractivity contribution in [3.63, 3.8) is 0 Å². The fourth-order valence-electron chi connectivity index (χ4n) is 3.92. The zero-order valence-corrected chi connectivity index (χ0v) is 18.6. The highest BCUT2D eigenvalue weighted by Crippen LogP contribution is 2.22. The second-order valence-electron chi connectivity index (χ2n) is 9.07. The molecule has 5 heteroatoms. The van der Waals surface area contributed by atoms with Crippen LogP contribution in [0.2, 0.25) is 0 Å². The van der Waals surface area contributed by atoms with E-state index in [9.17, 15) is 4.79 Å². The molecule has 5 nitrogen and oxygen atoms in total. The third-order valence-corrected chi connectivity index (χ3v) is 5.13. The van der Waals surface area contributed by atoms with Crippen LogP contribution in [0.25, 0.3) is 0 Å². The van der Waals surface area contributed by atoms with Gasteiger partial charge in [-0.05, 0) is 38.8 Å². The Morgan fingerprint density at radius 2 is 1.57 bits per heavy atom. The molecular weight excluding hydrogens is 376 g/mol. The second kappa shape index (κ2) is 10.1. The van der Waals surface area contributed by atoms with E-state index >= 15 is 0 Å². The Morgan fingerprint density at radius 1 is 0.967 bits per heavy atom. The molecule has 0 N–H and O–H groups in total. The number of hydrogen-bond acceptors (Lipinski definition) is 4. The third kappa shape index (κ3) is 6.57. The second-order valence-corrected chi connectivity index (χ2v) is 9.07.